The maximum Gasteiger partial charge on any atom is 0.320 e. The lowest BCUT2D eigenvalue weighted by molar-refractivity contribution is -0.138. The number of nitrogens with one attached hydrogen (secondary N) is 2. The number of aromatic nitrogens is 1. The number of nitrogens with zero attached hydrogens (tertiary/aromatic N) is 1. The van der Waals surface area contributed by atoms with Crippen LogP contribution in [0.15, 0.2) is 24.4 Å². The second-order valence-electron chi connectivity index (χ2n) is 5.47. The summed E-state index contributed by atoms with van der Waals surface area (Å²) in [6.07, 6.45) is 4.12. The van der Waals surface area contributed by atoms with Gasteiger partial charge in [-0.1, -0.05) is 6.07 Å². The first-order chi connectivity index (χ1) is 11.0. The SMILES string of the molecule is CNCCC(CCc1ccccn1)C(=O)NCCC(N)C(=O)O. The van der Waals surface area contributed by atoms with Gasteiger partial charge in [0.15, 0.2) is 0 Å². The Morgan fingerprint density at radius 1 is 1.26 bits per heavy atom. The lowest BCUT2D eigenvalue weighted by atomic mass is 9.97. The van der Waals surface area contributed by atoms with E-state index in [1.165, 1.54) is 0 Å². The van der Waals surface area contributed by atoms with Crippen LogP contribution >= 0.6 is 0 Å². The Morgan fingerprint density at radius 2 is 2.04 bits per heavy atom. The summed E-state index contributed by atoms with van der Waals surface area (Å²) in [5, 5.41) is 14.6. The fourth-order valence-corrected chi connectivity index (χ4v) is 2.21. The smallest absolute Gasteiger partial charge is 0.320 e. The van der Waals surface area contributed by atoms with Gasteiger partial charge in [0.25, 0.3) is 0 Å². The highest BCUT2D eigenvalue weighted by Gasteiger charge is 2.19. The van der Waals surface area contributed by atoms with Crippen molar-refractivity contribution in [3.8, 4) is 0 Å². The summed E-state index contributed by atoms with van der Waals surface area (Å²) in [6, 6.07) is 4.79. The number of aliphatic carboxylic acids is 1. The summed E-state index contributed by atoms with van der Waals surface area (Å²) in [5.74, 6) is -1.25. The number of hydrogen-bond acceptors (Lipinski definition) is 5. The predicted molar refractivity (Wildman–Crippen MR) is 87.8 cm³/mol. The Morgan fingerprint density at radius 3 is 2.65 bits per heavy atom. The number of pyridine rings is 1. The van der Waals surface area contributed by atoms with E-state index in [2.05, 4.69) is 15.6 Å². The minimum Gasteiger partial charge on any atom is -0.480 e. The van der Waals surface area contributed by atoms with E-state index < -0.39 is 12.0 Å². The zero-order valence-electron chi connectivity index (χ0n) is 13.5. The maximum absolute atomic E-state index is 12.3. The molecule has 23 heavy (non-hydrogen) atoms. The molecule has 0 aliphatic heterocycles. The standard InChI is InChI=1S/C16H26N4O3/c1-18-10-7-12(5-6-13-4-2-3-9-19-13)15(21)20-11-8-14(17)16(22)23/h2-4,9,12,14,18H,5-8,10-11,17H2,1H3,(H,20,21)(H,22,23). The summed E-state index contributed by atoms with van der Waals surface area (Å²) in [5.41, 5.74) is 6.39. The minimum absolute atomic E-state index is 0.0613. The van der Waals surface area contributed by atoms with Crippen molar-refractivity contribution in [1.29, 1.82) is 0 Å². The van der Waals surface area contributed by atoms with Crippen molar-refractivity contribution in [3.05, 3.63) is 30.1 Å². The molecule has 1 amide bonds. The van der Waals surface area contributed by atoms with Crippen LogP contribution in [0.2, 0.25) is 0 Å². The molecule has 1 aromatic rings. The topological polar surface area (TPSA) is 117 Å². The van der Waals surface area contributed by atoms with Crippen molar-refractivity contribution in [1.82, 2.24) is 15.6 Å². The number of rotatable bonds is 11. The fraction of sp³-hybridized carbons (Fsp3) is 0.562. The van der Waals surface area contributed by atoms with Gasteiger partial charge >= 0.3 is 5.97 Å². The van der Waals surface area contributed by atoms with Gasteiger partial charge in [-0.05, 0) is 51.4 Å². The largest absolute Gasteiger partial charge is 0.480 e. The number of carboxylic acid groups (broad SMARTS) is 1. The van der Waals surface area contributed by atoms with E-state index in [0.717, 1.165) is 25.1 Å². The van der Waals surface area contributed by atoms with E-state index in [9.17, 15) is 9.59 Å². The highest BCUT2D eigenvalue weighted by atomic mass is 16.4. The Hall–Kier alpha value is -1.99. The molecular weight excluding hydrogens is 296 g/mol. The number of carbonyl (C=O) groups is 2. The molecular formula is C16H26N4O3. The zero-order chi connectivity index (χ0) is 17.1. The first-order valence-electron chi connectivity index (χ1n) is 7.85. The molecule has 0 fully saturated rings. The summed E-state index contributed by atoms with van der Waals surface area (Å²) in [4.78, 5) is 27.2. The molecule has 0 radical (unpaired) electrons. The maximum atomic E-state index is 12.3. The Bertz CT molecular complexity index is 481. The molecule has 0 saturated carbocycles. The summed E-state index contributed by atoms with van der Waals surface area (Å²) >= 11 is 0. The molecule has 1 rings (SSSR count). The van der Waals surface area contributed by atoms with E-state index in [1.54, 1.807) is 6.20 Å². The number of amides is 1. The van der Waals surface area contributed by atoms with Gasteiger partial charge in [-0.2, -0.15) is 0 Å². The first kappa shape index (κ1) is 19.1. The monoisotopic (exact) mass is 322 g/mol. The number of carboxylic acids is 1. The number of nitrogens with two attached hydrogens (primary N) is 1. The van der Waals surface area contributed by atoms with E-state index in [0.29, 0.717) is 6.42 Å². The molecule has 0 saturated heterocycles. The normalized spacial score (nSPS) is 13.3. The van der Waals surface area contributed by atoms with Gasteiger partial charge in [0.1, 0.15) is 6.04 Å². The molecule has 1 aromatic heterocycles. The van der Waals surface area contributed by atoms with E-state index in [1.807, 2.05) is 25.2 Å². The van der Waals surface area contributed by atoms with Gasteiger partial charge in [0, 0.05) is 24.4 Å². The van der Waals surface area contributed by atoms with Crippen molar-refractivity contribution in [2.75, 3.05) is 20.1 Å². The molecule has 0 aliphatic rings. The molecule has 0 aliphatic carbocycles. The van der Waals surface area contributed by atoms with Gasteiger partial charge in [-0.15, -0.1) is 0 Å². The van der Waals surface area contributed by atoms with Crippen molar-refractivity contribution in [3.63, 3.8) is 0 Å². The molecule has 7 nitrogen and oxygen atoms in total. The van der Waals surface area contributed by atoms with Gasteiger partial charge in [-0.3, -0.25) is 14.6 Å². The molecule has 5 N–H and O–H groups in total. The van der Waals surface area contributed by atoms with Crippen LogP contribution in [0.1, 0.15) is 25.0 Å². The van der Waals surface area contributed by atoms with Crippen LogP contribution < -0.4 is 16.4 Å². The van der Waals surface area contributed by atoms with E-state index in [4.69, 9.17) is 10.8 Å². The summed E-state index contributed by atoms with van der Waals surface area (Å²) in [6.45, 7) is 1.01. The second-order valence-corrected chi connectivity index (χ2v) is 5.47. The Balaban J connectivity index is 2.45. The fourth-order valence-electron chi connectivity index (χ4n) is 2.21. The van der Waals surface area contributed by atoms with Crippen molar-refractivity contribution in [2.24, 2.45) is 11.7 Å². The average Bonchev–Trinajstić information content (AvgIpc) is 2.55. The van der Waals surface area contributed by atoms with Crippen LogP contribution in [0, 0.1) is 5.92 Å². The van der Waals surface area contributed by atoms with Crippen LogP contribution in [-0.2, 0) is 16.0 Å². The third kappa shape index (κ3) is 7.71. The third-order valence-corrected chi connectivity index (χ3v) is 3.66. The van der Waals surface area contributed by atoms with Crippen LogP contribution in [0.5, 0.6) is 0 Å². The van der Waals surface area contributed by atoms with Gasteiger partial charge in [-0.25, -0.2) is 0 Å². The minimum atomic E-state index is -1.05. The number of aryl methyl sites for hydroxylation is 1. The van der Waals surface area contributed by atoms with Crippen LogP contribution in [0.4, 0.5) is 0 Å². The zero-order valence-corrected chi connectivity index (χ0v) is 13.5. The van der Waals surface area contributed by atoms with E-state index >= 15 is 0 Å². The number of hydrogen-bond donors (Lipinski definition) is 4. The van der Waals surface area contributed by atoms with Crippen molar-refractivity contribution in [2.45, 2.75) is 31.7 Å². The van der Waals surface area contributed by atoms with Crippen molar-refractivity contribution >= 4 is 11.9 Å². The quantitative estimate of drug-likeness (QED) is 0.461. The summed E-state index contributed by atoms with van der Waals surface area (Å²) in [7, 11) is 1.85. The third-order valence-electron chi connectivity index (χ3n) is 3.66. The first-order valence-corrected chi connectivity index (χ1v) is 7.85. The highest BCUT2D eigenvalue weighted by molar-refractivity contribution is 5.78. The van der Waals surface area contributed by atoms with Gasteiger partial charge in [0.2, 0.25) is 5.91 Å². The Labute approximate surface area is 136 Å². The molecule has 0 spiro atoms. The summed E-state index contributed by atoms with van der Waals surface area (Å²) < 4.78 is 0. The predicted octanol–water partition coefficient (Wildman–Crippen LogP) is 0.158. The second kappa shape index (κ2) is 10.7. The van der Waals surface area contributed by atoms with Crippen LogP contribution in [0.25, 0.3) is 0 Å². The molecule has 1 heterocycles. The van der Waals surface area contributed by atoms with Crippen LogP contribution in [0.3, 0.4) is 0 Å². The number of carbonyl (C=O) groups excluding carboxylic acids is 1. The molecule has 7 heteroatoms. The van der Waals surface area contributed by atoms with Crippen LogP contribution in [-0.4, -0.2) is 48.1 Å². The lowest BCUT2D eigenvalue weighted by Crippen LogP contribution is -2.38. The lowest BCUT2D eigenvalue weighted by Gasteiger charge is -2.17. The van der Waals surface area contributed by atoms with Gasteiger partial charge in [0.05, 0.1) is 0 Å². The Kier molecular flexibility index (Phi) is 8.86. The molecule has 0 aromatic carbocycles. The van der Waals surface area contributed by atoms with E-state index in [-0.39, 0.29) is 24.8 Å². The van der Waals surface area contributed by atoms with Gasteiger partial charge < -0.3 is 21.5 Å². The molecule has 2 atom stereocenters. The average molecular weight is 322 g/mol. The highest BCUT2D eigenvalue weighted by Crippen LogP contribution is 2.12. The molecule has 0 bridgehead atoms. The molecule has 128 valence electrons. The van der Waals surface area contributed by atoms with Crippen molar-refractivity contribution < 1.29 is 14.7 Å². The molecule has 2 unspecified atom stereocenters.